The summed E-state index contributed by atoms with van der Waals surface area (Å²) in [4.78, 5) is 20.5. The molecule has 33 heavy (non-hydrogen) atoms. The molecule has 0 bridgehead atoms. The maximum absolute atomic E-state index is 12.6. The number of esters is 1. The first-order valence-electron chi connectivity index (χ1n) is 10.1. The highest BCUT2D eigenvalue weighted by atomic mass is 35.5. The van der Waals surface area contributed by atoms with Crippen LogP contribution >= 0.6 is 23.2 Å². The molecule has 0 aliphatic rings. The number of fused-ring (bicyclic) bond motifs is 1. The molecule has 0 saturated carbocycles. The second-order valence-electron chi connectivity index (χ2n) is 7.32. The zero-order chi connectivity index (χ0) is 22.9. The highest BCUT2D eigenvalue weighted by Gasteiger charge is 2.22. The lowest BCUT2D eigenvalue weighted by molar-refractivity contribution is 0.0602. The van der Waals surface area contributed by atoms with Crippen molar-refractivity contribution in [3.05, 3.63) is 94.7 Å². The number of carbonyl (C=O) groups is 1. The van der Waals surface area contributed by atoms with Crippen molar-refractivity contribution in [3.8, 4) is 22.5 Å². The van der Waals surface area contributed by atoms with Crippen LogP contribution in [0.25, 0.3) is 33.5 Å². The molecule has 6 nitrogen and oxygen atoms in total. The molecule has 5 rings (SSSR count). The van der Waals surface area contributed by atoms with Gasteiger partial charge < -0.3 is 9.72 Å². The van der Waals surface area contributed by atoms with E-state index < -0.39 is 5.97 Å². The minimum absolute atomic E-state index is 0.357. The zero-order valence-electron chi connectivity index (χ0n) is 17.5. The molecule has 2 aromatic carbocycles. The van der Waals surface area contributed by atoms with Gasteiger partial charge in [0.2, 0.25) is 0 Å². The highest BCUT2D eigenvalue weighted by molar-refractivity contribution is 6.43. The van der Waals surface area contributed by atoms with E-state index in [2.05, 4.69) is 15.4 Å². The van der Waals surface area contributed by atoms with Crippen LogP contribution in [0, 0.1) is 0 Å². The Balaban J connectivity index is 1.64. The summed E-state index contributed by atoms with van der Waals surface area (Å²) < 4.78 is 6.87. The van der Waals surface area contributed by atoms with Gasteiger partial charge in [0.25, 0.3) is 0 Å². The summed E-state index contributed by atoms with van der Waals surface area (Å²) in [7, 11) is 1.35. The fourth-order valence-electron chi connectivity index (χ4n) is 3.79. The smallest absolute Gasteiger partial charge is 0.340 e. The molecule has 3 aromatic heterocycles. The maximum atomic E-state index is 12.6. The lowest BCUT2D eigenvalue weighted by Gasteiger charge is -2.09. The molecule has 0 fully saturated rings. The Morgan fingerprint density at radius 2 is 1.85 bits per heavy atom. The molecule has 2 N–H and O–H groups in total. The van der Waals surface area contributed by atoms with E-state index in [0.717, 1.165) is 28.0 Å². The average molecular weight is 477 g/mol. The monoisotopic (exact) mass is 476 g/mol. The van der Waals surface area contributed by atoms with Crippen LogP contribution < -0.4 is 5.43 Å². The predicted octanol–water partition coefficient (Wildman–Crippen LogP) is 6.67. The van der Waals surface area contributed by atoms with Gasteiger partial charge >= 0.3 is 5.97 Å². The van der Waals surface area contributed by atoms with Gasteiger partial charge in [-0.3, -0.25) is 5.43 Å². The average Bonchev–Trinajstić information content (AvgIpc) is 3.46. The van der Waals surface area contributed by atoms with E-state index in [1.54, 1.807) is 30.5 Å². The standard InChI is InChI=1S/C25H18Cl2N4O2/c1-33-25(32)19-14-21(29-23(19)18-8-5-9-20(26)22(18)27)16-10-12-28-24-17(16)11-13-31(24)30-15-6-3-2-4-7-15/h2-14,29-30H,1H3. The van der Waals surface area contributed by atoms with Crippen molar-refractivity contribution in [3.63, 3.8) is 0 Å². The van der Waals surface area contributed by atoms with E-state index in [9.17, 15) is 4.79 Å². The molecule has 8 heteroatoms. The number of rotatable bonds is 5. The van der Waals surface area contributed by atoms with Gasteiger partial charge in [-0.05, 0) is 36.4 Å². The summed E-state index contributed by atoms with van der Waals surface area (Å²) in [5.74, 6) is -0.475. The number of carbonyl (C=O) groups excluding carboxylic acids is 1. The third kappa shape index (κ3) is 3.84. The number of nitrogens with one attached hydrogen (secondary N) is 2. The lowest BCUT2D eigenvalue weighted by Crippen LogP contribution is -2.07. The summed E-state index contributed by atoms with van der Waals surface area (Å²) in [6.07, 6.45) is 3.64. The van der Waals surface area contributed by atoms with Gasteiger partial charge in [-0.1, -0.05) is 53.5 Å². The third-order valence-electron chi connectivity index (χ3n) is 5.34. The van der Waals surface area contributed by atoms with Crippen molar-refractivity contribution in [2.45, 2.75) is 0 Å². The fraction of sp³-hybridized carbons (Fsp3) is 0.0400. The molecule has 0 aliphatic carbocycles. The largest absolute Gasteiger partial charge is 0.465 e. The number of aromatic nitrogens is 3. The minimum Gasteiger partial charge on any atom is -0.465 e. The van der Waals surface area contributed by atoms with E-state index in [-0.39, 0.29) is 0 Å². The first-order chi connectivity index (χ1) is 16.1. The van der Waals surface area contributed by atoms with Gasteiger partial charge in [-0.15, -0.1) is 0 Å². The molecular weight excluding hydrogens is 459 g/mol. The Morgan fingerprint density at radius 1 is 1.03 bits per heavy atom. The predicted molar refractivity (Wildman–Crippen MR) is 132 cm³/mol. The van der Waals surface area contributed by atoms with Crippen LogP contribution in [0.5, 0.6) is 0 Å². The van der Waals surface area contributed by atoms with Gasteiger partial charge in [-0.25, -0.2) is 14.5 Å². The molecule has 0 unspecified atom stereocenters. The van der Waals surface area contributed by atoms with Gasteiger partial charge in [0, 0.05) is 34.6 Å². The summed E-state index contributed by atoms with van der Waals surface area (Å²) in [6.45, 7) is 0. The van der Waals surface area contributed by atoms with Gasteiger partial charge in [-0.2, -0.15) is 0 Å². The van der Waals surface area contributed by atoms with Crippen LogP contribution in [0.4, 0.5) is 5.69 Å². The van der Waals surface area contributed by atoms with Crippen LogP contribution in [0.3, 0.4) is 0 Å². The molecule has 3 heterocycles. The molecule has 0 radical (unpaired) electrons. The van der Waals surface area contributed by atoms with Crippen molar-refractivity contribution in [2.24, 2.45) is 0 Å². The summed E-state index contributed by atoms with van der Waals surface area (Å²) >= 11 is 12.7. The van der Waals surface area contributed by atoms with Crippen molar-refractivity contribution in [1.29, 1.82) is 0 Å². The van der Waals surface area contributed by atoms with E-state index in [1.165, 1.54) is 7.11 Å². The number of nitrogens with zero attached hydrogens (tertiary/aromatic N) is 2. The number of anilines is 1. The Kier molecular flexibility index (Phi) is 5.54. The fourth-order valence-corrected chi connectivity index (χ4v) is 4.19. The van der Waals surface area contributed by atoms with Crippen molar-refractivity contribution < 1.29 is 9.53 Å². The number of pyridine rings is 1. The topological polar surface area (TPSA) is 71.9 Å². The SMILES string of the molecule is COC(=O)c1cc(-c2ccnc3c2ccn3Nc2ccccc2)[nH]c1-c1cccc(Cl)c1Cl. The Labute approximate surface area is 199 Å². The van der Waals surface area contributed by atoms with Gasteiger partial charge in [0.05, 0.1) is 34.1 Å². The summed E-state index contributed by atoms with van der Waals surface area (Å²) in [6, 6.07) is 20.7. The normalized spacial score (nSPS) is 11.0. The van der Waals surface area contributed by atoms with Gasteiger partial charge in [0.1, 0.15) is 0 Å². The molecule has 0 saturated heterocycles. The van der Waals surface area contributed by atoms with Crippen LogP contribution in [0.2, 0.25) is 10.0 Å². The highest BCUT2D eigenvalue weighted by Crippen LogP contribution is 2.38. The lowest BCUT2D eigenvalue weighted by atomic mass is 10.1. The molecule has 0 atom stereocenters. The van der Waals surface area contributed by atoms with E-state index >= 15 is 0 Å². The van der Waals surface area contributed by atoms with Crippen LogP contribution in [-0.2, 0) is 4.74 Å². The quantitative estimate of drug-likeness (QED) is 0.278. The number of halogens is 2. The Hall–Kier alpha value is -3.74. The van der Waals surface area contributed by atoms with Crippen LogP contribution in [-0.4, -0.2) is 27.7 Å². The first-order valence-corrected chi connectivity index (χ1v) is 10.9. The molecule has 164 valence electrons. The van der Waals surface area contributed by atoms with E-state index in [0.29, 0.717) is 26.9 Å². The Bertz CT molecular complexity index is 1470. The maximum Gasteiger partial charge on any atom is 0.340 e. The number of hydrogen-bond donors (Lipinski definition) is 2. The number of methoxy groups -OCH3 is 1. The van der Waals surface area contributed by atoms with Crippen LogP contribution in [0.1, 0.15) is 10.4 Å². The second-order valence-corrected chi connectivity index (χ2v) is 8.11. The number of para-hydroxylation sites is 1. The number of H-pyrrole nitrogens is 1. The molecule has 5 aromatic rings. The van der Waals surface area contributed by atoms with Gasteiger partial charge in [0.15, 0.2) is 5.65 Å². The Morgan fingerprint density at radius 3 is 2.64 bits per heavy atom. The number of aromatic amines is 1. The summed E-state index contributed by atoms with van der Waals surface area (Å²) in [5.41, 5.74) is 8.13. The number of hydrogen-bond acceptors (Lipinski definition) is 4. The third-order valence-corrected chi connectivity index (χ3v) is 6.16. The van der Waals surface area contributed by atoms with Crippen molar-refractivity contribution >= 4 is 45.9 Å². The van der Waals surface area contributed by atoms with Crippen molar-refractivity contribution in [2.75, 3.05) is 12.5 Å². The molecule has 0 amide bonds. The van der Waals surface area contributed by atoms with E-state index in [4.69, 9.17) is 27.9 Å². The first kappa shape index (κ1) is 21.1. The minimum atomic E-state index is -0.475. The number of ether oxygens (including phenoxy) is 1. The molecular formula is C25H18Cl2N4O2. The van der Waals surface area contributed by atoms with Crippen LogP contribution in [0.15, 0.2) is 79.1 Å². The van der Waals surface area contributed by atoms with Crippen molar-refractivity contribution in [1.82, 2.24) is 14.6 Å². The molecule has 0 aliphatic heterocycles. The van der Waals surface area contributed by atoms with E-state index in [1.807, 2.05) is 53.3 Å². The second kappa shape index (κ2) is 8.65. The molecule has 0 spiro atoms. The number of benzene rings is 2. The zero-order valence-corrected chi connectivity index (χ0v) is 19.0. The summed E-state index contributed by atoms with van der Waals surface area (Å²) in [5, 5.41) is 1.66.